The van der Waals surface area contributed by atoms with Gasteiger partial charge < -0.3 is 10.6 Å². The summed E-state index contributed by atoms with van der Waals surface area (Å²) >= 11 is 0. The topological polar surface area (TPSA) is 49.6 Å². The second-order valence-electron chi connectivity index (χ2n) is 6.98. The van der Waals surface area contributed by atoms with Crippen molar-refractivity contribution in [1.82, 2.24) is 9.80 Å². The SMILES string of the molecule is CC1CN(C(=O)CCC2CCC(N)CC2)CC(C)N1C. The van der Waals surface area contributed by atoms with E-state index >= 15 is 0 Å². The Balaban J connectivity index is 1.74. The number of amides is 1. The van der Waals surface area contributed by atoms with Crippen LogP contribution in [0.3, 0.4) is 0 Å². The third-order valence-electron chi connectivity index (χ3n) is 5.37. The van der Waals surface area contributed by atoms with Crippen LogP contribution in [0.4, 0.5) is 0 Å². The number of piperazine rings is 1. The first-order chi connectivity index (χ1) is 9.47. The van der Waals surface area contributed by atoms with Gasteiger partial charge in [0.1, 0.15) is 0 Å². The normalized spacial score (nSPS) is 36.1. The van der Waals surface area contributed by atoms with Crippen molar-refractivity contribution in [1.29, 1.82) is 0 Å². The molecule has 2 fully saturated rings. The van der Waals surface area contributed by atoms with E-state index in [0.29, 0.717) is 24.0 Å². The molecule has 0 aromatic carbocycles. The van der Waals surface area contributed by atoms with Gasteiger partial charge in [0.15, 0.2) is 0 Å². The van der Waals surface area contributed by atoms with Crippen LogP contribution in [0.2, 0.25) is 0 Å². The van der Waals surface area contributed by atoms with Crippen molar-refractivity contribution >= 4 is 5.91 Å². The summed E-state index contributed by atoms with van der Waals surface area (Å²) in [6, 6.07) is 1.34. The summed E-state index contributed by atoms with van der Waals surface area (Å²) in [6.07, 6.45) is 6.49. The lowest BCUT2D eigenvalue weighted by molar-refractivity contribution is -0.135. The highest BCUT2D eigenvalue weighted by molar-refractivity contribution is 5.76. The standard InChI is InChI=1S/C16H31N3O/c1-12-10-19(11-13(2)18(12)3)16(20)9-6-14-4-7-15(17)8-5-14/h12-15H,4-11,17H2,1-3H3. The van der Waals surface area contributed by atoms with E-state index in [0.717, 1.165) is 44.7 Å². The molecule has 1 aliphatic carbocycles. The molecule has 1 saturated heterocycles. The molecule has 1 amide bonds. The quantitative estimate of drug-likeness (QED) is 0.858. The highest BCUT2D eigenvalue weighted by Crippen LogP contribution is 2.27. The van der Waals surface area contributed by atoms with Gasteiger partial charge >= 0.3 is 0 Å². The Hall–Kier alpha value is -0.610. The van der Waals surface area contributed by atoms with Gasteiger partial charge in [-0.25, -0.2) is 0 Å². The molecule has 1 heterocycles. The van der Waals surface area contributed by atoms with Gasteiger partial charge in [-0.05, 0) is 58.9 Å². The van der Waals surface area contributed by atoms with Crippen molar-refractivity contribution in [3.8, 4) is 0 Å². The van der Waals surface area contributed by atoms with Crippen LogP contribution < -0.4 is 5.73 Å². The van der Waals surface area contributed by atoms with Crippen LogP contribution in [0.5, 0.6) is 0 Å². The van der Waals surface area contributed by atoms with Gasteiger partial charge in [-0.2, -0.15) is 0 Å². The molecule has 4 heteroatoms. The van der Waals surface area contributed by atoms with E-state index < -0.39 is 0 Å². The number of nitrogens with zero attached hydrogens (tertiary/aromatic N) is 2. The lowest BCUT2D eigenvalue weighted by Gasteiger charge is -2.42. The molecule has 116 valence electrons. The van der Waals surface area contributed by atoms with Crippen LogP contribution >= 0.6 is 0 Å². The lowest BCUT2D eigenvalue weighted by atomic mass is 9.83. The maximum atomic E-state index is 12.4. The lowest BCUT2D eigenvalue weighted by Crippen LogP contribution is -2.56. The molecule has 0 aromatic heterocycles. The number of carbonyl (C=O) groups is 1. The number of likely N-dealkylation sites (N-methyl/N-ethyl adjacent to an activating group) is 1. The van der Waals surface area contributed by atoms with Crippen LogP contribution in [-0.2, 0) is 4.79 Å². The summed E-state index contributed by atoms with van der Waals surface area (Å²) in [4.78, 5) is 16.8. The molecule has 1 saturated carbocycles. The van der Waals surface area contributed by atoms with E-state index in [4.69, 9.17) is 5.73 Å². The minimum Gasteiger partial charge on any atom is -0.340 e. The molecule has 2 atom stereocenters. The molecule has 1 aliphatic heterocycles. The average Bonchev–Trinajstić information content (AvgIpc) is 2.43. The predicted molar refractivity (Wildman–Crippen MR) is 82.4 cm³/mol. The molecule has 0 aromatic rings. The molecule has 4 nitrogen and oxygen atoms in total. The van der Waals surface area contributed by atoms with E-state index in [1.807, 2.05) is 0 Å². The zero-order valence-electron chi connectivity index (χ0n) is 13.3. The molecule has 20 heavy (non-hydrogen) atoms. The number of hydrogen-bond acceptors (Lipinski definition) is 3. The second kappa shape index (κ2) is 6.90. The van der Waals surface area contributed by atoms with E-state index in [1.165, 1.54) is 12.8 Å². The van der Waals surface area contributed by atoms with Crippen LogP contribution in [0.1, 0.15) is 52.4 Å². The first kappa shape index (κ1) is 15.8. The maximum absolute atomic E-state index is 12.4. The van der Waals surface area contributed by atoms with Crippen molar-refractivity contribution in [2.45, 2.75) is 70.5 Å². The first-order valence-corrected chi connectivity index (χ1v) is 8.22. The smallest absolute Gasteiger partial charge is 0.222 e. The van der Waals surface area contributed by atoms with Crippen molar-refractivity contribution in [2.75, 3.05) is 20.1 Å². The molecule has 2 N–H and O–H groups in total. The van der Waals surface area contributed by atoms with Crippen LogP contribution in [-0.4, -0.2) is 54.0 Å². The van der Waals surface area contributed by atoms with Crippen LogP contribution in [0.25, 0.3) is 0 Å². The van der Waals surface area contributed by atoms with E-state index in [9.17, 15) is 4.79 Å². The molecular formula is C16H31N3O. The minimum absolute atomic E-state index is 0.353. The van der Waals surface area contributed by atoms with Gasteiger partial charge in [-0.1, -0.05) is 0 Å². The Bertz CT molecular complexity index is 314. The third kappa shape index (κ3) is 3.95. The molecule has 2 unspecified atom stereocenters. The average molecular weight is 281 g/mol. The van der Waals surface area contributed by atoms with Crippen molar-refractivity contribution in [2.24, 2.45) is 11.7 Å². The Labute approximate surface area is 123 Å². The molecule has 0 bridgehead atoms. The van der Waals surface area contributed by atoms with Crippen molar-refractivity contribution in [3.63, 3.8) is 0 Å². The zero-order valence-corrected chi connectivity index (χ0v) is 13.3. The van der Waals surface area contributed by atoms with Crippen LogP contribution in [0, 0.1) is 5.92 Å². The number of carbonyl (C=O) groups excluding carboxylic acids is 1. The zero-order chi connectivity index (χ0) is 14.7. The van der Waals surface area contributed by atoms with Gasteiger partial charge in [0, 0.05) is 37.6 Å². The predicted octanol–water partition coefficient (Wildman–Crippen LogP) is 1.84. The van der Waals surface area contributed by atoms with Gasteiger partial charge in [0.05, 0.1) is 0 Å². The van der Waals surface area contributed by atoms with Gasteiger partial charge in [0.2, 0.25) is 5.91 Å². The van der Waals surface area contributed by atoms with Gasteiger partial charge in [-0.15, -0.1) is 0 Å². The van der Waals surface area contributed by atoms with E-state index in [-0.39, 0.29) is 0 Å². The maximum Gasteiger partial charge on any atom is 0.222 e. The first-order valence-electron chi connectivity index (χ1n) is 8.22. The summed E-state index contributed by atoms with van der Waals surface area (Å²) in [7, 11) is 2.16. The Morgan fingerprint density at radius 3 is 2.20 bits per heavy atom. The number of nitrogens with two attached hydrogens (primary N) is 1. The molecule has 0 radical (unpaired) electrons. The Morgan fingerprint density at radius 1 is 1.10 bits per heavy atom. The summed E-state index contributed by atoms with van der Waals surface area (Å²) in [5.74, 6) is 1.08. The van der Waals surface area contributed by atoms with Crippen LogP contribution in [0.15, 0.2) is 0 Å². The summed E-state index contributed by atoms with van der Waals surface area (Å²) < 4.78 is 0. The minimum atomic E-state index is 0.353. The highest BCUT2D eigenvalue weighted by Gasteiger charge is 2.29. The largest absolute Gasteiger partial charge is 0.340 e. The Kier molecular flexibility index (Phi) is 5.44. The van der Waals surface area contributed by atoms with Gasteiger partial charge in [-0.3, -0.25) is 9.69 Å². The summed E-state index contributed by atoms with van der Waals surface area (Å²) in [5, 5.41) is 0. The molecular weight excluding hydrogens is 250 g/mol. The fourth-order valence-electron chi connectivity index (χ4n) is 3.57. The number of rotatable bonds is 3. The monoisotopic (exact) mass is 281 g/mol. The Morgan fingerprint density at radius 2 is 1.65 bits per heavy atom. The molecule has 2 rings (SSSR count). The second-order valence-corrected chi connectivity index (χ2v) is 6.98. The number of hydrogen-bond donors (Lipinski definition) is 1. The molecule has 2 aliphatic rings. The van der Waals surface area contributed by atoms with E-state index in [2.05, 4.69) is 30.7 Å². The van der Waals surface area contributed by atoms with E-state index in [1.54, 1.807) is 0 Å². The summed E-state index contributed by atoms with van der Waals surface area (Å²) in [5.41, 5.74) is 5.93. The van der Waals surface area contributed by atoms with Crippen molar-refractivity contribution in [3.05, 3.63) is 0 Å². The van der Waals surface area contributed by atoms with Gasteiger partial charge in [0.25, 0.3) is 0 Å². The highest BCUT2D eigenvalue weighted by atomic mass is 16.2. The van der Waals surface area contributed by atoms with Crippen molar-refractivity contribution < 1.29 is 4.79 Å². The fourth-order valence-corrected chi connectivity index (χ4v) is 3.57. The third-order valence-corrected chi connectivity index (χ3v) is 5.37. The summed E-state index contributed by atoms with van der Waals surface area (Å²) in [6.45, 7) is 6.18. The molecule has 0 spiro atoms. The fraction of sp³-hybridized carbons (Fsp3) is 0.938.